The minimum absolute atomic E-state index is 0.753. The van der Waals surface area contributed by atoms with Crippen LogP contribution in [0.25, 0.3) is 11.3 Å². The molecule has 0 amide bonds. The number of H-pyrrole nitrogens is 1. The molecule has 0 atom stereocenters. The van der Waals surface area contributed by atoms with Gasteiger partial charge in [-0.1, -0.05) is 54.1 Å². The van der Waals surface area contributed by atoms with E-state index in [0.717, 1.165) is 28.5 Å². The number of hydrogen-bond donors (Lipinski definition) is 1. The quantitative estimate of drug-likeness (QED) is 0.664. The maximum Gasteiger partial charge on any atom is 0.177 e. The van der Waals surface area contributed by atoms with Gasteiger partial charge in [0.15, 0.2) is 4.77 Å². The molecular weight excluding hydrogens is 300 g/mol. The number of imidazole rings is 1. The fraction of sp³-hybridized carbons (Fsp3) is 0.118. The Morgan fingerprint density at radius 1 is 1.00 bits per heavy atom. The van der Waals surface area contributed by atoms with E-state index in [1.807, 2.05) is 36.5 Å². The second-order valence-corrected chi connectivity index (χ2v) is 5.70. The summed E-state index contributed by atoms with van der Waals surface area (Å²) in [7, 11) is 0. The van der Waals surface area contributed by atoms with Gasteiger partial charge < -0.3 is 9.55 Å². The molecule has 2 nitrogen and oxygen atoms in total. The van der Waals surface area contributed by atoms with E-state index in [2.05, 4.69) is 33.8 Å². The molecule has 0 bridgehead atoms. The van der Waals surface area contributed by atoms with Crippen LogP contribution in [-0.2, 0) is 13.0 Å². The summed E-state index contributed by atoms with van der Waals surface area (Å²) in [6.07, 6.45) is 2.89. The molecule has 0 fully saturated rings. The van der Waals surface area contributed by atoms with E-state index in [0.29, 0.717) is 0 Å². The molecule has 21 heavy (non-hydrogen) atoms. The van der Waals surface area contributed by atoms with Crippen molar-refractivity contribution in [1.82, 2.24) is 9.55 Å². The highest BCUT2D eigenvalue weighted by Gasteiger charge is 2.06. The summed E-state index contributed by atoms with van der Waals surface area (Å²) < 4.78 is 2.89. The van der Waals surface area contributed by atoms with Gasteiger partial charge in [0.05, 0.1) is 5.69 Å². The van der Waals surface area contributed by atoms with E-state index >= 15 is 0 Å². The number of nitrogens with one attached hydrogen (secondary N) is 1. The molecule has 3 rings (SSSR count). The second kappa shape index (κ2) is 6.29. The molecule has 4 heteroatoms. The summed E-state index contributed by atoms with van der Waals surface area (Å²) in [4.78, 5) is 3.14. The molecule has 1 heterocycles. The van der Waals surface area contributed by atoms with E-state index in [9.17, 15) is 0 Å². The van der Waals surface area contributed by atoms with Crippen molar-refractivity contribution in [3.63, 3.8) is 0 Å². The molecule has 0 aliphatic heterocycles. The van der Waals surface area contributed by atoms with Crippen LogP contribution in [0, 0.1) is 4.77 Å². The lowest BCUT2D eigenvalue weighted by atomic mass is 10.1. The predicted octanol–water partition coefficient (Wildman–Crippen LogP) is 5.11. The van der Waals surface area contributed by atoms with Crippen LogP contribution < -0.4 is 0 Å². The molecule has 0 saturated carbocycles. The monoisotopic (exact) mass is 314 g/mol. The highest BCUT2D eigenvalue weighted by Crippen LogP contribution is 2.20. The first-order chi connectivity index (χ1) is 10.2. The topological polar surface area (TPSA) is 20.7 Å². The summed E-state index contributed by atoms with van der Waals surface area (Å²) in [5, 5.41) is 0.766. The maximum absolute atomic E-state index is 5.92. The molecule has 0 spiro atoms. The van der Waals surface area contributed by atoms with Crippen molar-refractivity contribution < 1.29 is 0 Å². The first kappa shape index (κ1) is 14.1. The summed E-state index contributed by atoms with van der Waals surface area (Å²) in [6, 6.07) is 18.2. The zero-order valence-electron chi connectivity index (χ0n) is 11.4. The SMILES string of the molecule is S=c1[nH]cc(-c2ccccc2)n1CCc1ccc(Cl)cc1. The summed E-state index contributed by atoms with van der Waals surface area (Å²) >= 11 is 11.3. The van der Waals surface area contributed by atoms with Gasteiger partial charge in [0.25, 0.3) is 0 Å². The maximum atomic E-state index is 5.92. The number of benzene rings is 2. The van der Waals surface area contributed by atoms with Gasteiger partial charge in [-0.2, -0.15) is 0 Å². The van der Waals surface area contributed by atoms with Crippen molar-refractivity contribution in [2.75, 3.05) is 0 Å². The number of hydrogen-bond acceptors (Lipinski definition) is 1. The molecule has 1 aromatic heterocycles. The summed E-state index contributed by atoms with van der Waals surface area (Å²) in [6.45, 7) is 0.841. The van der Waals surface area contributed by atoms with Crippen LogP contribution in [0.3, 0.4) is 0 Å². The molecular formula is C17H15ClN2S. The van der Waals surface area contributed by atoms with Crippen molar-refractivity contribution >= 4 is 23.8 Å². The van der Waals surface area contributed by atoms with Crippen LogP contribution in [0.1, 0.15) is 5.56 Å². The molecule has 0 aliphatic rings. The van der Waals surface area contributed by atoms with Crippen molar-refractivity contribution in [2.45, 2.75) is 13.0 Å². The predicted molar refractivity (Wildman–Crippen MR) is 90.2 cm³/mol. The lowest BCUT2D eigenvalue weighted by molar-refractivity contribution is 0.693. The molecule has 2 aromatic carbocycles. The molecule has 0 aliphatic carbocycles. The Morgan fingerprint density at radius 3 is 2.43 bits per heavy atom. The highest BCUT2D eigenvalue weighted by atomic mass is 35.5. The average molecular weight is 315 g/mol. The molecule has 3 aromatic rings. The Kier molecular flexibility index (Phi) is 4.23. The zero-order valence-corrected chi connectivity index (χ0v) is 13.0. The Bertz CT molecular complexity index is 773. The number of rotatable bonds is 4. The van der Waals surface area contributed by atoms with Crippen LogP contribution >= 0.6 is 23.8 Å². The smallest absolute Gasteiger partial charge is 0.177 e. The third-order valence-electron chi connectivity index (χ3n) is 3.48. The number of nitrogens with zero attached hydrogens (tertiary/aromatic N) is 1. The standard InChI is InChI=1S/C17H15ClN2S/c18-15-8-6-13(7-9-15)10-11-20-16(12-19-17(20)21)14-4-2-1-3-5-14/h1-9,12H,10-11H2,(H,19,21). The summed E-state index contributed by atoms with van der Waals surface area (Å²) in [5.41, 5.74) is 3.54. The van der Waals surface area contributed by atoms with Gasteiger partial charge in [0.2, 0.25) is 0 Å². The molecule has 106 valence electrons. The Balaban J connectivity index is 1.84. The van der Waals surface area contributed by atoms with Gasteiger partial charge in [-0.05, 0) is 41.9 Å². The fourth-order valence-electron chi connectivity index (χ4n) is 2.36. The minimum atomic E-state index is 0.753. The number of halogens is 1. The Labute approximate surface area is 134 Å². The third kappa shape index (κ3) is 3.26. The van der Waals surface area contributed by atoms with Crippen LogP contribution in [0.5, 0.6) is 0 Å². The summed E-state index contributed by atoms with van der Waals surface area (Å²) in [5.74, 6) is 0. The minimum Gasteiger partial charge on any atom is -0.337 e. The van der Waals surface area contributed by atoms with Crippen molar-refractivity contribution in [3.05, 3.63) is 76.2 Å². The van der Waals surface area contributed by atoms with Gasteiger partial charge >= 0.3 is 0 Å². The molecule has 1 N–H and O–H groups in total. The first-order valence-electron chi connectivity index (χ1n) is 6.82. The van der Waals surface area contributed by atoms with E-state index in [-0.39, 0.29) is 0 Å². The lowest BCUT2D eigenvalue weighted by Crippen LogP contribution is -2.03. The van der Waals surface area contributed by atoms with Crippen LogP contribution in [0.2, 0.25) is 5.02 Å². The van der Waals surface area contributed by atoms with E-state index in [1.54, 1.807) is 0 Å². The van der Waals surface area contributed by atoms with Crippen LogP contribution in [0.4, 0.5) is 0 Å². The van der Waals surface area contributed by atoms with Crippen LogP contribution in [0.15, 0.2) is 60.8 Å². The van der Waals surface area contributed by atoms with E-state index in [1.165, 1.54) is 11.1 Å². The van der Waals surface area contributed by atoms with Gasteiger partial charge in [-0.3, -0.25) is 0 Å². The molecule has 0 radical (unpaired) electrons. The largest absolute Gasteiger partial charge is 0.337 e. The second-order valence-electron chi connectivity index (χ2n) is 4.87. The lowest BCUT2D eigenvalue weighted by Gasteiger charge is -2.08. The number of aromatic nitrogens is 2. The first-order valence-corrected chi connectivity index (χ1v) is 7.61. The van der Waals surface area contributed by atoms with Gasteiger partial charge in [-0.15, -0.1) is 0 Å². The number of aromatic amines is 1. The van der Waals surface area contributed by atoms with Gasteiger partial charge in [0, 0.05) is 17.8 Å². The normalized spacial score (nSPS) is 10.7. The van der Waals surface area contributed by atoms with E-state index < -0.39 is 0 Å². The number of aryl methyl sites for hydroxylation is 1. The van der Waals surface area contributed by atoms with Gasteiger partial charge in [-0.25, -0.2) is 0 Å². The van der Waals surface area contributed by atoms with E-state index in [4.69, 9.17) is 23.8 Å². The van der Waals surface area contributed by atoms with Gasteiger partial charge in [0.1, 0.15) is 0 Å². The Morgan fingerprint density at radius 2 is 1.71 bits per heavy atom. The average Bonchev–Trinajstić information content (AvgIpc) is 2.89. The Hall–Kier alpha value is -1.84. The fourth-order valence-corrected chi connectivity index (χ4v) is 2.73. The van der Waals surface area contributed by atoms with Crippen molar-refractivity contribution in [3.8, 4) is 11.3 Å². The van der Waals surface area contributed by atoms with Crippen LogP contribution in [-0.4, -0.2) is 9.55 Å². The highest BCUT2D eigenvalue weighted by molar-refractivity contribution is 7.71. The molecule has 0 unspecified atom stereocenters. The van der Waals surface area contributed by atoms with Crippen molar-refractivity contribution in [2.24, 2.45) is 0 Å². The third-order valence-corrected chi connectivity index (χ3v) is 4.07. The van der Waals surface area contributed by atoms with Crippen molar-refractivity contribution in [1.29, 1.82) is 0 Å². The zero-order chi connectivity index (χ0) is 14.7. The molecule has 0 saturated heterocycles.